The van der Waals surface area contributed by atoms with E-state index in [2.05, 4.69) is 21.1 Å². The molecule has 1 aromatic heterocycles. The van der Waals surface area contributed by atoms with Gasteiger partial charge in [-0.1, -0.05) is 5.16 Å². The Bertz CT molecular complexity index is 411. The predicted octanol–water partition coefficient (Wildman–Crippen LogP) is 1.64. The summed E-state index contributed by atoms with van der Waals surface area (Å²) in [6, 6.07) is 1.81. The molecule has 88 valence electrons. The Morgan fingerprint density at radius 1 is 1.75 bits per heavy atom. The first kappa shape index (κ1) is 13.0. The van der Waals surface area contributed by atoms with Gasteiger partial charge in [-0.25, -0.2) is 0 Å². The molecule has 1 amide bonds. The summed E-state index contributed by atoms with van der Waals surface area (Å²) in [4.78, 5) is 13.9. The van der Waals surface area contributed by atoms with Crippen LogP contribution in [0.25, 0.3) is 0 Å². The minimum Gasteiger partial charge on any atom is -0.409 e. The van der Waals surface area contributed by atoms with Crippen LogP contribution in [-0.4, -0.2) is 35.4 Å². The van der Waals surface area contributed by atoms with Crippen molar-refractivity contribution in [3.8, 4) is 0 Å². The second-order valence-corrected chi connectivity index (χ2v) is 5.69. The SMILES string of the molecule is Cc1cc(C(=O)N(C)CC(N)=NO)sc1Br. The summed E-state index contributed by atoms with van der Waals surface area (Å²) in [5.41, 5.74) is 6.34. The molecule has 16 heavy (non-hydrogen) atoms. The summed E-state index contributed by atoms with van der Waals surface area (Å²) in [7, 11) is 1.60. The van der Waals surface area contributed by atoms with Crippen LogP contribution in [0, 0.1) is 6.92 Å². The monoisotopic (exact) mass is 305 g/mol. The number of oxime groups is 1. The van der Waals surface area contributed by atoms with Crippen molar-refractivity contribution in [3.05, 3.63) is 20.3 Å². The normalized spacial score (nSPS) is 11.6. The van der Waals surface area contributed by atoms with Crippen LogP contribution in [0.4, 0.5) is 0 Å². The summed E-state index contributed by atoms with van der Waals surface area (Å²) in [5, 5.41) is 11.2. The molecule has 0 saturated heterocycles. The lowest BCUT2D eigenvalue weighted by Crippen LogP contribution is -2.35. The van der Waals surface area contributed by atoms with Crippen molar-refractivity contribution in [1.82, 2.24) is 4.90 Å². The summed E-state index contributed by atoms with van der Waals surface area (Å²) < 4.78 is 0.938. The Kier molecular flexibility index (Phi) is 4.31. The van der Waals surface area contributed by atoms with Gasteiger partial charge in [0.05, 0.1) is 15.2 Å². The van der Waals surface area contributed by atoms with Crippen molar-refractivity contribution < 1.29 is 10.0 Å². The van der Waals surface area contributed by atoms with E-state index in [9.17, 15) is 4.79 Å². The number of aryl methyl sites for hydroxylation is 1. The molecule has 1 rings (SSSR count). The number of nitrogens with zero attached hydrogens (tertiary/aromatic N) is 2. The molecular formula is C9H12BrN3O2S. The number of hydrogen-bond donors (Lipinski definition) is 2. The van der Waals surface area contributed by atoms with Gasteiger partial charge in [-0.2, -0.15) is 0 Å². The summed E-state index contributed by atoms with van der Waals surface area (Å²) in [6.45, 7) is 2.02. The van der Waals surface area contributed by atoms with E-state index in [1.165, 1.54) is 16.2 Å². The highest BCUT2D eigenvalue weighted by Crippen LogP contribution is 2.27. The van der Waals surface area contributed by atoms with Gasteiger partial charge < -0.3 is 15.8 Å². The van der Waals surface area contributed by atoms with Crippen molar-refractivity contribution in [2.45, 2.75) is 6.92 Å². The number of likely N-dealkylation sites (N-methyl/N-ethyl adjacent to an activating group) is 1. The Hall–Kier alpha value is -1.08. The number of rotatable bonds is 3. The van der Waals surface area contributed by atoms with Crippen LogP contribution >= 0.6 is 27.3 Å². The van der Waals surface area contributed by atoms with Gasteiger partial charge in [0.15, 0.2) is 5.84 Å². The molecule has 0 bridgehead atoms. The number of nitrogens with two attached hydrogens (primary N) is 1. The van der Waals surface area contributed by atoms with E-state index in [1.807, 2.05) is 6.92 Å². The maximum atomic E-state index is 11.9. The third-order valence-electron chi connectivity index (χ3n) is 1.94. The van der Waals surface area contributed by atoms with E-state index in [1.54, 1.807) is 13.1 Å². The van der Waals surface area contributed by atoms with Gasteiger partial charge in [0, 0.05) is 7.05 Å². The average Bonchev–Trinajstić information content (AvgIpc) is 2.57. The molecule has 0 aliphatic carbocycles. The van der Waals surface area contributed by atoms with Crippen LogP contribution in [0.15, 0.2) is 15.0 Å². The topological polar surface area (TPSA) is 78.9 Å². The number of carbonyl (C=O) groups excluding carboxylic acids is 1. The molecule has 0 aliphatic rings. The molecule has 0 aliphatic heterocycles. The first-order chi connectivity index (χ1) is 7.45. The van der Waals surface area contributed by atoms with Gasteiger partial charge in [-0.15, -0.1) is 11.3 Å². The Labute approximate surface area is 106 Å². The third-order valence-corrected chi connectivity index (χ3v) is 4.07. The zero-order valence-electron chi connectivity index (χ0n) is 8.90. The zero-order chi connectivity index (χ0) is 12.3. The molecule has 5 nitrogen and oxygen atoms in total. The van der Waals surface area contributed by atoms with Gasteiger partial charge in [0.25, 0.3) is 5.91 Å². The molecule has 0 spiro atoms. The molecule has 0 radical (unpaired) electrons. The summed E-state index contributed by atoms with van der Waals surface area (Å²) in [6.07, 6.45) is 0. The number of carbonyl (C=O) groups is 1. The number of halogens is 1. The molecule has 3 N–H and O–H groups in total. The summed E-state index contributed by atoms with van der Waals surface area (Å²) in [5.74, 6) is -0.145. The van der Waals surface area contributed by atoms with Crippen LogP contribution in [0.3, 0.4) is 0 Å². The molecule has 0 aromatic carbocycles. The van der Waals surface area contributed by atoms with E-state index in [4.69, 9.17) is 10.9 Å². The fourth-order valence-electron chi connectivity index (χ4n) is 1.10. The van der Waals surface area contributed by atoms with Gasteiger partial charge >= 0.3 is 0 Å². The minimum atomic E-state index is -0.148. The van der Waals surface area contributed by atoms with E-state index in [-0.39, 0.29) is 18.3 Å². The minimum absolute atomic E-state index is 0.00296. The average molecular weight is 306 g/mol. The number of thiophene rings is 1. The highest BCUT2D eigenvalue weighted by Gasteiger charge is 2.16. The number of hydrogen-bond acceptors (Lipinski definition) is 4. The lowest BCUT2D eigenvalue weighted by molar-refractivity contribution is 0.0818. The highest BCUT2D eigenvalue weighted by atomic mass is 79.9. The Balaban J connectivity index is 2.78. The van der Waals surface area contributed by atoms with E-state index < -0.39 is 0 Å². The van der Waals surface area contributed by atoms with Crippen LogP contribution in [0.2, 0.25) is 0 Å². The van der Waals surface area contributed by atoms with Crippen molar-refractivity contribution in [1.29, 1.82) is 0 Å². The fourth-order valence-corrected chi connectivity index (χ4v) is 2.63. The van der Waals surface area contributed by atoms with Crippen LogP contribution < -0.4 is 5.73 Å². The van der Waals surface area contributed by atoms with E-state index >= 15 is 0 Å². The maximum Gasteiger partial charge on any atom is 0.264 e. The Morgan fingerprint density at radius 2 is 2.38 bits per heavy atom. The first-order valence-corrected chi connectivity index (χ1v) is 6.04. The Morgan fingerprint density at radius 3 is 2.81 bits per heavy atom. The van der Waals surface area contributed by atoms with Crippen molar-refractivity contribution in [2.75, 3.05) is 13.6 Å². The molecule has 7 heteroatoms. The van der Waals surface area contributed by atoms with Crippen molar-refractivity contribution >= 4 is 39.0 Å². The van der Waals surface area contributed by atoms with E-state index in [0.29, 0.717) is 4.88 Å². The lowest BCUT2D eigenvalue weighted by Gasteiger charge is -2.14. The van der Waals surface area contributed by atoms with Crippen molar-refractivity contribution in [3.63, 3.8) is 0 Å². The second kappa shape index (κ2) is 5.31. The largest absolute Gasteiger partial charge is 0.409 e. The number of amides is 1. The van der Waals surface area contributed by atoms with Gasteiger partial charge in [0.1, 0.15) is 0 Å². The van der Waals surface area contributed by atoms with Gasteiger partial charge in [0.2, 0.25) is 0 Å². The molecule has 0 fully saturated rings. The second-order valence-electron chi connectivity index (χ2n) is 3.32. The van der Waals surface area contributed by atoms with Gasteiger partial charge in [-0.05, 0) is 34.5 Å². The third kappa shape index (κ3) is 2.96. The van der Waals surface area contributed by atoms with Crippen LogP contribution in [0.5, 0.6) is 0 Å². The first-order valence-electron chi connectivity index (χ1n) is 4.43. The zero-order valence-corrected chi connectivity index (χ0v) is 11.3. The van der Waals surface area contributed by atoms with Crippen molar-refractivity contribution in [2.24, 2.45) is 10.9 Å². The lowest BCUT2D eigenvalue weighted by atomic mass is 10.3. The molecule has 0 atom stereocenters. The smallest absolute Gasteiger partial charge is 0.264 e. The standard InChI is InChI=1S/C9H12BrN3O2S/c1-5-3-6(16-8(5)10)9(14)13(2)4-7(11)12-15/h3,15H,4H2,1-2H3,(H2,11,12). The number of amidine groups is 1. The van der Waals surface area contributed by atoms with Gasteiger partial charge in [-0.3, -0.25) is 4.79 Å². The predicted molar refractivity (Wildman–Crippen MR) is 67.1 cm³/mol. The quantitative estimate of drug-likeness (QED) is 0.385. The molecule has 1 heterocycles. The molecular weight excluding hydrogens is 294 g/mol. The molecule has 1 aromatic rings. The highest BCUT2D eigenvalue weighted by molar-refractivity contribution is 9.11. The van der Waals surface area contributed by atoms with Crippen LogP contribution in [0.1, 0.15) is 15.2 Å². The molecule has 0 saturated carbocycles. The summed E-state index contributed by atoms with van der Waals surface area (Å²) >= 11 is 4.73. The van der Waals surface area contributed by atoms with E-state index in [0.717, 1.165) is 9.35 Å². The fraction of sp³-hybridized carbons (Fsp3) is 0.333. The molecule has 0 unspecified atom stereocenters. The maximum absolute atomic E-state index is 11.9. The van der Waals surface area contributed by atoms with Crippen LogP contribution in [-0.2, 0) is 0 Å².